The number of carbonyl (C=O) groups is 1. The number of thioether (sulfide) groups is 1. The van der Waals surface area contributed by atoms with Crippen molar-refractivity contribution in [2.24, 2.45) is 0 Å². The highest BCUT2D eigenvalue weighted by Gasteiger charge is 2.29. The molecule has 26 heavy (non-hydrogen) atoms. The largest absolute Gasteiger partial charge is 0.320 e. The highest BCUT2D eigenvalue weighted by molar-refractivity contribution is 8.02. The van der Waals surface area contributed by atoms with E-state index in [1.807, 2.05) is 30.3 Å². The highest BCUT2D eigenvalue weighted by Crippen LogP contribution is 2.37. The molecule has 2 aromatic rings. The van der Waals surface area contributed by atoms with Gasteiger partial charge in [0.1, 0.15) is 0 Å². The molecule has 0 fully saturated rings. The van der Waals surface area contributed by atoms with Gasteiger partial charge in [-0.1, -0.05) is 42.5 Å². The first kappa shape index (κ1) is 17.7. The molecule has 1 N–H and O–H groups in total. The summed E-state index contributed by atoms with van der Waals surface area (Å²) in [4.78, 5) is 22.5. The van der Waals surface area contributed by atoms with Gasteiger partial charge in [0.15, 0.2) is 0 Å². The lowest BCUT2D eigenvalue weighted by Crippen LogP contribution is -2.30. The second-order valence-electron chi connectivity index (χ2n) is 5.78. The van der Waals surface area contributed by atoms with E-state index in [-0.39, 0.29) is 18.0 Å². The Hall–Kier alpha value is -3.11. The van der Waals surface area contributed by atoms with Gasteiger partial charge in [0, 0.05) is 30.2 Å². The van der Waals surface area contributed by atoms with Gasteiger partial charge in [0.2, 0.25) is 5.91 Å². The lowest BCUT2D eigenvalue weighted by atomic mass is 9.87. The van der Waals surface area contributed by atoms with Crippen LogP contribution in [0.15, 0.2) is 65.2 Å². The van der Waals surface area contributed by atoms with Crippen LogP contribution in [0, 0.1) is 21.4 Å². The number of nitrogens with one attached hydrogen (secondary N) is 1. The van der Waals surface area contributed by atoms with Crippen molar-refractivity contribution >= 4 is 23.4 Å². The van der Waals surface area contributed by atoms with Gasteiger partial charge in [-0.25, -0.2) is 0 Å². The number of nitrogens with zero attached hydrogens (tertiary/aromatic N) is 2. The number of rotatable bonds is 5. The van der Waals surface area contributed by atoms with Crippen molar-refractivity contribution in [3.05, 3.63) is 86.4 Å². The number of amides is 1. The molecule has 1 heterocycles. The summed E-state index contributed by atoms with van der Waals surface area (Å²) in [5, 5.41) is 23.8. The Morgan fingerprint density at radius 1 is 1.19 bits per heavy atom. The summed E-state index contributed by atoms with van der Waals surface area (Å²) in [5.41, 5.74) is 2.28. The Morgan fingerprint density at radius 3 is 2.50 bits per heavy atom. The van der Waals surface area contributed by atoms with Gasteiger partial charge >= 0.3 is 0 Å². The smallest absolute Gasteiger partial charge is 0.269 e. The van der Waals surface area contributed by atoms with Gasteiger partial charge in [-0.3, -0.25) is 14.9 Å². The summed E-state index contributed by atoms with van der Waals surface area (Å²) < 4.78 is 0. The summed E-state index contributed by atoms with van der Waals surface area (Å²) in [6.07, 6.45) is 0.149. The number of carbonyl (C=O) groups excluding carboxylic acids is 1. The van der Waals surface area contributed by atoms with E-state index in [0.29, 0.717) is 16.4 Å². The van der Waals surface area contributed by atoms with Gasteiger partial charge in [0.25, 0.3) is 5.69 Å². The fourth-order valence-corrected chi connectivity index (χ4v) is 3.81. The van der Waals surface area contributed by atoms with E-state index in [0.717, 1.165) is 11.1 Å². The molecule has 6 nitrogen and oxygen atoms in total. The monoisotopic (exact) mass is 365 g/mol. The quantitative estimate of drug-likeness (QED) is 0.641. The van der Waals surface area contributed by atoms with E-state index in [9.17, 15) is 20.2 Å². The average molecular weight is 365 g/mol. The van der Waals surface area contributed by atoms with Crippen molar-refractivity contribution in [3.63, 3.8) is 0 Å². The Balaban J connectivity index is 1.88. The minimum atomic E-state index is -0.473. The first-order valence-corrected chi connectivity index (χ1v) is 8.92. The topological polar surface area (TPSA) is 96.0 Å². The fourth-order valence-electron chi connectivity index (χ4n) is 2.78. The highest BCUT2D eigenvalue weighted by atomic mass is 32.2. The van der Waals surface area contributed by atoms with E-state index in [1.54, 1.807) is 12.1 Å². The summed E-state index contributed by atoms with van der Waals surface area (Å²) in [5.74, 6) is 0.0740. The van der Waals surface area contributed by atoms with Crippen LogP contribution in [-0.2, 0) is 10.5 Å². The van der Waals surface area contributed by atoms with Gasteiger partial charge in [-0.05, 0) is 11.1 Å². The number of nitro benzene ring substituents is 1. The van der Waals surface area contributed by atoms with Crippen LogP contribution in [0.4, 0.5) is 5.69 Å². The van der Waals surface area contributed by atoms with Gasteiger partial charge in [-0.2, -0.15) is 5.26 Å². The number of benzene rings is 2. The number of hydrogen-bond donors (Lipinski definition) is 1. The van der Waals surface area contributed by atoms with Crippen LogP contribution in [0.25, 0.3) is 0 Å². The molecular weight excluding hydrogens is 350 g/mol. The maximum atomic E-state index is 12.1. The zero-order chi connectivity index (χ0) is 18.5. The van der Waals surface area contributed by atoms with Crippen LogP contribution in [-0.4, -0.2) is 10.8 Å². The van der Waals surface area contributed by atoms with E-state index >= 15 is 0 Å². The summed E-state index contributed by atoms with van der Waals surface area (Å²) in [6.45, 7) is 0. The third kappa shape index (κ3) is 3.92. The summed E-state index contributed by atoms with van der Waals surface area (Å²) in [7, 11) is 0. The van der Waals surface area contributed by atoms with Crippen molar-refractivity contribution in [3.8, 4) is 6.07 Å². The van der Waals surface area contributed by atoms with Crippen LogP contribution in [0.5, 0.6) is 0 Å². The number of nitriles is 1. The zero-order valence-electron chi connectivity index (χ0n) is 13.7. The SMILES string of the molecule is N#CC1=C(SCc2ccccc2)NC(=O)CC1c1ccc([N+](=O)[O-])cc1. The van der Waals surface area contributed by atoms with Gasteiger partial charge in [0.05, 0.1) is 21.6 Å². The zero-order valence-corrected chi connectivity index (χ0v) is 14.5. The number of allylic oxidation sites excluding steroid dienone is 1. The summed E-state index contributed by atoms with van der Waals surface area (Å²) in [6, 6.07) is 18.0. The molecule has 0 saturated carbocycles. The van der Waals surface area contributed by atoms with Crippen LogP contribution in [0.1, 0.15) is 23.5 Å². The predicted octanol–water partition coefficient (Wildman–Crippen LogP) is 3.87. The summed E-state index contributed by atoms with van der Waals surface area (Å²) >= 11 is 1.41. The molecule has 0 aliphatic carbocycles. The van der Waals surface area contributed by atoms with E-state index in [2.05, 4.69) is 11.4 Å². The Morgan fingerprint density at radius 2 is 1.88 bits per heavy atom. The Kier molecular flexibility index (Phi) is 5.34. The second-order valence-corrected chi connectivity index (χ2v) is 6.77. The lowest BCUT2D eigenvalue weighted by molar-refractivity contribution is -0.384. The van der Waals surface area contributed by atoms with Gasteiger partial charge < -0.3 is 5.32 Å². The maximum Gasteiger partial charge on any atom is 0.269 e. The number of non-ortho nitro benzene ring substituents is 1. The van der Waals surface area contributed by atoms with Crippen LogP contribution in [0.2, 0.25) is 0 Å². The minimum Gasteiger partial charge on any atom is -0.320 e. The van der Waals surface area contributed by atoms with Crippen molar-refractivity contribution in [1.82, 2.24) is 5.32 Å². The van der Waals surface area contributed by atoms with Crippen molar-refractivity contribution in [2.45, 2.75) is 18.1 Å². The molecule has 1 amide bonds. The molecule has 0 radical (unpaired) electrons. The molecule has 130 valence electrons. The molecule has 1 atom stereocenters. The fraction of sp³-hybridized carbons (Fsp3) is 0.158. The first-order chi connectivity index (χ1) is 12.6. The standard InChI is InChI=1S/C19H15N3O3S/c20-11-17-16(14-6-8-15(9-7-14)22(24)25)10-18(23)21-19(17)26-12-13-4-2-1-3-5-13/h1-9,16H,10,12H2,(H,21,23). The third-order valence-corrected chi connectivity index (χ3v) is 5.18. The van der Waals surface area contributed by atoms with Crippen LogP contribution in [0.3, 0.4) is 0 Å². The second kappa shape index (κ2) is 7.85. The molecule has 1 unspecified atom stereocenters. The third-order valence-electron chi connectivity index (χ3n) is 4.09. The molecule has 3 rings (SSSR count). The molecule has 0 spiro atoms. The molecule has 2 aromatic carbocycles. The molecule has 1 aliphatic heterocycles. The normalized spacial score (nSPS) is 16.7. The van der Waals surface area contributed by atoms with Crippen LogP contribution >= 0.6 is 11.8 Å². The average Bonchev–Trinajstić information content (AvgIpc) is 2.66. The number of hydrogen-bond acceptors (Lipinski definition) is 5. The molecule has 0 aromatic heterocycles. The predicted molar refractivity (Wildman–Crippen MR) is 99.0 cm³/mol. The number of nitro groups is 1. The van der Waals surface area contributed by atoms with Crippen LogP contribution < -0.4 is 5.32 Å². The molecule has 0 saturated heterocycles. The van der Waals surface area contributed by atoms with E-state index < -0.39 is 10.8 Å². The van der Waals surface area contributed by atoms with Gasteiger partial charge in [-0.15, -0.1) is 11.8 Å². The molecule has 7 heteroatoms. The minimum absolute atomic E-state index is 0.0184. The first-order valence-electron chi connectivity index (χ1n) is 7.93. The van der Waals surface area contributed by atoms with E-state index in [4.69, 9.17) is 0 Å². The van der Waals surface area contributed by atoms with Crippen molar-refractivity contribution in [1.29, 1.82) is 5.26 Å². The Labute approximate surface area is 154 Å². The Bertz CT molecular complexity index is 902. The molecule has 1 aliphatic rings. The molecular formula is C19H15N3O3S. The van der Waals surface area contributed by atoms with Crippen molar-refractivity contribution < 1.29 is 9.72 Å². The van der Waals surface area contributed by atoms with E-state index in [1.165, 1.54) is 23.9 Å². The van der Waals surface area contributed by atoms with Crippen molar-refractivity contribution in [2.75, 3.05) is 0 Å². The lowest BCUT2D eigenvalue weighted by Gasteiger charge is -2.25. The molecule has 0 bridgehead atoms. The maximum absolute atomic E-state index is 12.1.